The fourth-order valence-electron chi connectivity index (χ4n) is 2.10. The molecule has 6 heteroatoms. The van der Waals surface area contributed by atoms with Crippen molar-refractivity contribution in [2.45, 2.75) is 6.92 Å². The highest BCUT2D eigenvalue weighted by atomic mass is 19.1. The number of nitrogens with one attached hydrogen (secondary N) is 1. The highest BCUT2D eigenvalue weighted by Crippen LogP contribution is 2.33. The largest absolute Gasteiger partial charge is 0.448 e. The van der Waals surface area contributed by atoms with E-state index in [0.29, 0.717) is 16.7 Å². The Hall–Kier alpha value is -2.89. The molecule has 0 aliphatic rings. The minimum atomic E-state index is -0.735. The van der Waals surface area contributed by atoms with Gasteiger partial charge in [-0.05, 0) is 30.7 Å². The number of furan rings is 1. The second kappa shape index (κ2) is 4.90. The summed E-state index contributed by atoms with van der Waals surface area (Å²) in [6.45, 7) is 1.79. The molecule has 0 bridgehead atoms. The van der Waals surface area contributed by atoms with Crippen molar-refractivity contribution in [3.63, 3.8) is 0 Å². The van der Waals surface area contributed by atoms with Gasteiger partial charge in [-0.25, -0.2) is 4.39 Å². The standard InChI is InChI=1S/C15H12FN3O2/c1-8-2-3-11(10(16)6-8)19-13-9-7-18-5-4-12(9)21-14(13)15(17)20/h2-7,19H,1H3,(H2,17,20). The number of amides is 1. The number of hydrogen-bond donors (Lipinski definition) is 2. The van der Waals surface area contributed by atoms with Crippen LogP contribution in [0.1, 0.15) is 16.1 Å². The first-order chi connectivity index (χ1) is 10.1. The van der Waals surface area contributed by atoms with Gasteiger partial charge in [0.05, 0.1) is 11.1 Å². The van der Waals surface area contributed by atoms with Gasteiger partial charge in [0.15, 0.2) is 0 Å². The Morgan fingerprint density at radius 2 is 2.19 bits per heavy atom. The normalized spacial score (nSPS) is 10.8. The number of nitrogens with zero attached hydrogens (tertiary/aromatic N) is 1. The number of anilines is 2. The summed E-state index contributed by atoms with van der Waals surface area (Å²) < 4.78 is 19.3. The van der Waals surface area contributed by atoms with Crippen LogP contribution in [0.3, 0.4) is 0 Å². The topological polar surface area (TPSA) is 81.1 Å². The molecule has 0 fully saturated rings. The number of halogens is 1. The highest BCUT2D eigenvalue weighted by molar-refractivity contribution is 6.06. The van der Waals surface area contributed by atoms with Gasteiger partial charge in [0, 0.05) is 12.4 Å². The summed E-state index contributed by atoms with van der Waals surface area (Å²) >= 11 is 0. The van der Waals surface area contributed by atoms with E-state index in [-0.39, 0.29) is 11.4 Å². The molecule has 0 saturated heterocycles. The number of pyridine rings is 1. The molecule has 0 atom stereocenters. The third kappa shape index (κ3) is 2.31. The predicted octanol–water partition coefficient (Wildman–Crippen LogP) is 3.12. The molecule has 3 rings (SSSR count). The van der Waals surface area contributed by atoms with Crippen LogP contribution in [0.5, 0.6) is 0 Å². The van der Waals surface area contributed by atoms with E-state index in [2.05, 4.69) is 10.3 Å². The van der Waals surface area contributed by atoms with Gasteiger partial charge in [-0.1, -0.05) is 6.07 Å². The van der Waals surface area contributed by atoms with Gasteiger partial charge in [-0.3, -0.25) is 9.78 Å². The lowest BCUT2D eigenvalue weighted by Gasteiger charge is -2.07. The van der Waals surface area contributed by atoms with Gasteiger partial charge in [0.2, 0.25) is 5.76 Å². The summed E-state index contributed by atoms with van der Waals surface area (Å²) in [5.74, 6) is -1.22. The SMILES string of the molecule is Cc1ccc(Nc2c(C(N)=O)oc3ccncc23)c(F)c1. The molecule has 0 spiro atoms. The Bertz CT molecular complexity index is 842. The van der Waals surface area contributed by atoms with Crippen molar-refractivity contribution in [1.29, 1.82) is 0 Å². The highest BCUT2D eigenvalue weighted by Gasteiger charge is 2.19. The van der Waals surface area contributed by atoms with Crippen LogP contribution in [0, 0.1) is 12.7 Å². The van der Waals surface area contributed by atoms with Crippen LogP contribution in [0.15, 0.2) is 41.1 Å². The summed E-state index contributed by atoms with van der Waals surface area (Å²) in [7, 11) is 0. The number of primary amides is 1. The number of aryl methyl sites for hydroxylation is 1. The van der Waals surface area contributed by atoms with Crippen molar-refractivity contribution in [1.82, 2.24) is 4.98 Å². The van der Waals surface area contributed by atoms with Crippen LogP contribution in [-0.2, 0) is 0 Å². The van der Waals surface area contributed by atoms with E-state index in [1.165, 1.54) is 18.5 Å². The molecule has 0 radical (unpaired) electrons. The molecule has 1 amide bonds. The Morgan fingerprint density at radius 1 is 1.38 bits per heavy atom. The lowest BCUT2D eigenvalue weighted by atomic mass is 10.2. The lowest BCUT2D eigenvalue weighted by Crippen LogP contribution is -2.11. The van der Waals surface area contributed by atoms with E-state index in [1.807, 2.05) is 0 Å². The third-order valence-electron chi connectivity index (χ3n) is 3.10. The summed E-state index contributed by atoms with van der Waals surface area (Å²) in [6.07, 6.45) is 3.06. The number of aromatic nitrogens is 1. The molecular weight excluding hydrogens is 273 g/mol. The average molecular weight is 285 g/mol. The van der Waals surface area contributed by atoms with E-state index in [4.69, 9.17) is 10.2 Å². The molecular formula is C15H12FN3O2. The summed E-state index contributed by atoms with van der Waals surface area (Å²) in [5.41, 5.74) is 7.10. The zero-order valence-corrected chi connectivity index (χ0v) is 11.2. The number of carbonyl (C=O) groups is 1. The van der Waals surface area contributed by atoms with Crippen LogP contribution < -0.4 is 11.1 Å². The Morgan fingerprint density at radius 3 is 2.90 bits per heavy atom. The molecule has 5 nitrogen and oxygen atoms in total. The van der Waals surface area contributed by atoms with E-state index in [0.717, 1.165) is 5.56 Å². The van der Waals surface area contributed by atoms with Crippen LogP contribution in [-0.4, -0.2) is 10.9 Å². The number of carbonyl (C=O) groups excluding carboxylic acids is 1. The number of benzene rings is 1. The smallest absolute Gasteiger partial charge is 0.286 e. The lowest BCUT2D eigenvalue weighted by molar-refractivity contribution is 0.0977. The van der Waals surface area contributed by atoms with Crippen LogP contribution in [0.25, 0.3) is 11.0 Å². The molecule has 0 saturated carbocycles. The minimum absolute atomic E-state index is 0.0574. The Kier molecular flexibility index (Phi) is 3.06. The van der Waals surface area contributed by atoms with Gasteiger partial charge in [-0.15, -0.1) is 0 Å². The quantitative estimate of drug-likeness (QED) is 0.774. The van der Waals surface area contributed by atoms with Crippen molar-refractivity contribution in [3.05, 3.63) is 53.8 Å². The van der Waals surface area contributed by atoms with E-state index < -0.39 is 11.7 Å². The predicted molar refractivity (Wildman–Crippen MR) is 76.9 cm³/mol. The average Bonchev–Trinajstić information content (AvgIpc) is 2.81. The molecule has 2 heterocycles. The molecule has 1 aromatic carbocycles. The Labute approximate surface area is 119 Å². The van der Waals surface area contributed by atoms with Gasteiger partial charge in [0.1, 0.15) is 17.1 Å². The van der Waals surface area contributed by atoms with Crippen LogP contribution in [0.4, 0.5) is 15.8 Å². The van der Waals surface area contributed by atoms with E-state index in [9.17, 15) is 9.18 Å². The third-order valence-corrected chi connectivity index (χ3v) is 3.10. The first-order valence-electron chi connectivity index (χ1n) is 6.26. The second-order valence-corrected chi connectivity index (χ2v) is 4.65. The molecule has 0 aliphatic carbocycles. The number of fused-ring (bicyclic) bond motifs is 1. The van der Waals surface area contributed by atoms with Crippen molar-refractivity contribution in [3.8, 4) is 0 Å². The number of hydrogen-bond acceptors (Lipinski definition) is 4. The van der Waals surface area contributed by atoms with E-state index in [1.54, 1.807) is 25.1 Å². The second-order valence-electron chi connectivity index (χ2n) is 4.65. The molecule has 3 aromatic rings. The van der Waals surface area contributed by atoms with Crippen molar-refractivity contribution in [2.75, 3.05) is 5.32 Å². The number of rotatable bonds is 3. The summed E-state index contributed by atoms with van der Waals surface area (Å²) in [4.78, 5) is 15.5. The molecule has 2 aromatic heterocycles. The number of nitrogens with two attached hydrogens (primary N) is 1. The zero-order chi connectivity index (χ0) is 15.0. The fourth-order valence-corrected chi connectivity index (χ4v) is 2.10. The van der Waals surface area contributed by atoms with Gasteiger partial charge in [-0.2, -0.15) is 0 Å². The Balaban J connectivity index is 2.14. The molecule has 106 valence electrons. The molecule has 0 aliphatic heterocycles. The minimum Gasteiger partial charge on any atom is -0.448 e. The van der Waals surface area contributed by atoms with Crippen molar-refractivity contribution < 1.29 is 13.6 Å². The van der Waals surface area contributed by atoms with Crippen LogP contribution >= 0.6 is 0 Å². The van der Waals surface area contributed by atoms with Crippen molar-refractivity contribution >= 4 is 28.3 Å². The molecule has 21 heavy (non-hydrogen) atoms. The first kappa shape index (κ1) is 13.1. The van der Waals surface area contributed by atoms with Crippen LogP contribution in [0.2, 0.25) is 0 Å². The summed E-state index contributed by atoms with van der Waals surface area (Å²) in [5, 5.41) is 3.42. The molecule has 3 N–H and O–H groups in total. The maximum absolute atomic E-state index is 14.0. The monoisotopic (exact) mass is 285 g/mol. The van der Waals surface area contributed by atoms with Gasteiger partial charge in [0.25, 0.3) is 5.91 Å². The van der Waals surface area contributed by atoms with Gasteiger partial charge >= 0.3 is 0 Å². The maximum Gasteiger partial charge on any atom is 0.286 e. The van der Waals surface area contributed by atoms with E-state index >= 15 is 0 Å². The maximum atomic E-state index is 14.0. The molecule has 0 unspecified atom stereocenters. The first-order valence-corrected chi connectivity index (χ1v) is 6.26. The van der Waals surface area contributed by atoms with Gasteiger partial charge < -0.3 is 15.5 Å². The fraction of sp³-hybridized carbons (Fsp3) is 0.0667. The summed E-state index contributed by atoms with van der Waals surface area (Å²) in [6, 6.07) is 6.35. The van der Waals surface area contributed by atoms with Crippen molar-refractivity contribution in [2.24, 2.45) is 5.73 Å². The zero-order valence-electron chi connectivity index (χ0n) is 11.2.